The first-order chi connectivity index (χ1) is 13.1. The maximum atomic E-state index is 12.2. The van der Waals surface area contributed by atoms with Gasteiger partial charge in [-0.1, -0.05) is 29.8 Å². The first kappa shape index (κ1) is 17.5. The largest absolute Gasteiger partial charge is 0.435 e. The molecular weight excluding hydrogens is 364 g/mol. The molecule has 0 spiro atoms. The van der Waals surface area contributed by atoms with Crippen molar-refractivity contribution < 1.29 is 9.53 Å². The molecule has 1 atom stereocenters. The molecule has 1 saturated heterocycles. The highest BCUT2D eigenvalue weighted by atomic mass is 35.5. The first-order valence-electron chi connectivity index (χ1n) is 8.81. The summed E-state index contributed by atoms with van der Waals surface area (Å²) in [6, 6.07) is 12.9. The Morgan fingerprint density at radius 1 is 1.26 bits per heavy atom. The van der Waals surface area contributed by atoms with Crippen molar-refractivity contribution in [3.05, 3.63) is 53.7 Å². The number of benzene rings is 2. The molecular formula is C20H19ClN4O2. The Morgan fingerprint density at radius 2 is 2.11 bits per heavy atom. The van der Waals surface area contributed by atoms with Crippen molar-refractivity contribution >= 4 is 34.0 Å². The van der Waals surface area contributed by atoms with Crippen molar-refractivity contribution in [1.29, 1.82) is 0 Å². The number of anilines is 1. The van der Waals surface area contributed by atoms with Gasteiger partial charge < -0.3 is 15.0 Å². The number of halogens is 1. The van der Waals surface area contributed by atoms with Crippen LogP contribution < -0.4 is 10.1 Å². The third-order valence-corrected chi connectivity index (χ3v) is 4.97. The molecule has 27 heavy (non-hydrogen) atoms. The molecule has 0 bridgehead atoms. The molecule has 1 fully saturated rings. The van der Waals surface area contributed by atoms with E-state index < -0.39 is 0 Å². The van der Waals surface area contributed by atoms with Crippen LogP contribution in [0.1, 0.15) is 12.8 Å². The quantitative estimate of drug-likeness (QED) is 0.735. The van der Waals surface area contributed by atoms with Crippen LogP contribution in [0.3, 0.4) is 0 Å². The number of hydrogen-bond donors (Lipinski definition) is 1. The van der Waals surface area contributed by atoms with Gasteiger partial charge in [0, 0.05) is 30.1 Å². The molecule has 7 heteroatoms. The van der Waals surface area contributed by atoms with E-state index >= 15 is 0 Å². The molecule has 1 aromatic heterocycles. The van der Waals surface area contributed by atoms with Crippen LogP contribution in [0.5, 0.6) is 11.6 Å². The van der Waals surface area contributed by atoms with Crippen LogP contribution in [-0.2, 0) is 4.79 Å². The zero-order chi connectivity index (χ0) is 18.8. The van der Waals surface area contributed by atoms with Gasteiger partial charge in [-0.15, -0.1) is 5.10 Å². The van der Waals surface area contributed by atoms with E-state index in [2.05, 4.69) is 15.5 Å². The Balaban J connectivity index is 1.54. The van der Waals surface area contributed by atoms with Gasteiger partial charge in [0.2, 0.25) is 11.8 Å². The lowest BCUT2D eigenvalue weighted by Crippen LogP contribution is -2.45. The molecule has 138 valence electrons. The summed E-state index contributed by atoms with van der Waals surface area (Å²) >= 11 is 6.40. The van der Waals surface area contributed by atoms with E-state index in [9.17, 15) is 4.79 Å². The summed E-state index contributed by atoms with van der Waals surface area (Å²) in [4.78, 5) is 14.0. The number of nitrogens with zero attached hydrogens (tertiary/aromatic N) is 3. The topological polar surface area (TPSA) is 67.3 Å². The van der Waals surface area contributed by atoms with Crippen molar-refractivity contribution in [2.24, 2.45) is 0 Å². The SMILES string of the molecule is CN1CCC[C@H](Nc2ccc(Oc3nncc4ccccc34)c(Cl)c2)C1=O. The van der Waals surface area contributed by atoms with E-state index in [4.69, 9.17) is 16.3 Å². The molecule has 1 aliphatic rings. The zero-order valence-corrected chi connectivity index (χ0v) is 15.6. The number of ether oxygens (including phenoxy) is 1. The number of hydrogen-bond acceptors (Lipinski definition) is 5. The molecule has 0 aliphatic carbocycles. The van der Waals surface area contributed by atoms with Gasteiger partial charge in [0.25, 0.3) is 0 Å². The van der Waals surface area contributed by atoms with Crippen molar-refractivity contribution in [2.45, 2.75) is 18.9 Å². The number of piperidine rings is 1. The second-order valence-electron chi connectivity index (χ2n) is 6.58. The smallest absolute Gasteiger partial charge is 0.246 e. The number of amides is 1. The van der Waals surface area contributed by atoms with Crippen LogP contribution >= 0.6 is 11.6 Å². The van der Waals surface area contributed by atoms with Gasteiger partial charge in [0.05, 0.1) is 11.2 Å². The van der Waals surface area contributed by atoms with Crippen LogP contribution in [-0.4, -0.2) is 40.6 Å². The monoisotopic (exact) mass is 382 g/mol. The van der Waals surface area contributed by atoms with E-state index in [0.29, 0.717) is 16.7 Å². The van der Waals surface area contributed by atoms with Crippen molar-refractivity contribution in [3.63, 3.8) is 0 Å². The van der Waals surface area contributed by atoms with Gasteiger partial charge in [-0.25, -0.2) is 0 Å². The number of likely N-dealkylation sites (N-methyl/N-ethyl adjacent to an activating group) is 1. The molecule has 1 amide bonds. The van der Waals surface area contributed by atoms with E-state index in [1.807, 2.05) is 37.4 Å². The van der Waals surface area contributed by atoms with Crippen LogP contribution in [0.15, 0.2) is 48.7 Å². The van der Waals surface area contributed by atoms with Gasteiger partial charge >= 0.3 is 0 Å². The molecule has 1 aliphatic heterocycles. The average Bonchev–Trinajstić information content (AvgIpc) is 2.68. The maximum Gasteiger partial charge on any atom is 0.246 e. The highest BCUT2D eigenvalue weighted by Gasteiger charge is 2.26. The Morgan fingerprint density at radius 3 is 2.96 bits per heavy atom. The third-order valence-electron chi connectivity index (χ3n) is 4.68. The Bertz CT molecular complexity index is 989. The standard InChI is InChI=1S/C20H19ClN4O2/c1-25-10-4-7-17(20(25)26)23-14-8-9-18(16(21)11-14)27-19-15-6-3-2-5-13(15)12-22-24-19/h2-3,5-6,8-9,11-12,17,23H,4,7,10H2,1H3/t17-/m0/s1. The number of carbonyl (C=O) groups is 1. The minimum atomic E-state index is -0.226. The lowest BCUT2D eigenvalue weighted by Gasteiger charge is -2.30. The number of nitrogens with one attached hydrogen (secondary N) is 1. The molecule has 0 radical (unpaired) electrons. The Hall–Kier alpha value is -2.86. The molecule has 6 nitrogen and oxygen atoms in total. The second-order valence-corrected chi connectivity index (χ2v) is 6.99. The molecule has 0 saturated carbocycles. The van der Waals surface area contributed by atoms with Crippen LogP contribution in [0, 0.1) is 0 Å². The normalized spacial score (nSPS) is 17.2. The third kappa shape index (κ3) is 3.66. The lowest BCUT2D eigenvalue weighted by atomic mass is 10.1. The minimum Gasteiger partial charge on any atom is -0.435 e. The summed E-state index contributed by atoms with van der Waals surface area (Å²) in [6.07, 6.45) is 3.48. The Kier molecular flexibility index (Phi) is 4.81. The van der Waals surface area contributed by atoms with Gasteiger partial charge in [0.1, 0.15) is 11.8 Å². The van der Waals surface area contributed by atoms with Crippen molar-refractivity contribution in [1.82, 2.24) is 15.1 Å². The summed E-state index contributed by atoms with van der Waals surface area (Å²) in [5.41, 5.74) is 0.782. The van der Waals surface area contributed by atoms with Gasteiger partial charge in [-0.2, -0.15) is 5.10 Å². The van der Waals surface area contributed by atoms with Crippen LogP contribution in [0.4, 0.5) is 5.69 Å². The van der Waals surface area contributed by atoms with E-state index in [1.54, 1.807) is 23.2 Å². The van der Waals surface area contributed by atoms with Crippen molar-refractivity contribution in [2.75, 3.05) is 18.9 Å². The maximum absolute atomic E-state index is 12.2. The number of likely N-dealkylation sites (tertiary alicyclic amines) is 1. The zero-order valence-electron chi connectivity index (χ0n) is 14.9. The lowest BCUT2D eigenvalue weighted by molar-refractivity contribution is -0.132. The van der Waals surface area contributed by atoms with Crippen LogP contribution in [0.25, 0.3) is 10.8 Å². The van der Waals surface area contributed by atoms with Gasteiger partial charge in [-0.05, 0) is 37.1 Å². The highest BCUT2D eigenvalue weighted by molar-refractivity contribution is 6.32. The molecule has 1 N–H and O–H groups in total. The fourth-order valence-electron chi connectivity index (χ4n) is 3.22. The second kappa shape index (κ2) is 7.40. The minimum absolute atomic E-state index is 0.101. The number of rotatable bonds is 4. The molecule has 2 aromatic carbocycles. The van der Waals surface area contributed by atoms with E-state index in [1.165, 1.54) is 0 Å². The fraction of sp³-hybridized carbons (Fsp3) is 0.250. The fourth-order valence-corrected chi connectivity index (χ4v) is 3.44. The molecule has 3 aromatic rings. The number of fused-ring (bicyclic) bond motifs is 1. The molecule has 0 unspecified atom stereocenters. The summed E-state index contributed by atoms with van der Waals surface area (Å²) < 4.78 is 5.90. The summed E-state index contributed by atoms with van der Waals surface area (Å²) in [6.45, 7) is 0.802. The highest BCUT2D eigenvalue weighted by Crippen LogP contribution is 2.34. The average molecular weight is 383 g/mol. The number of aromatic nitrogens is 2. The van der Waals surface area contributed by atoms with E-state index in [0.717, 1.165) is 35.8 Å². The summed E-state index contributed by atoms with van der Waals surface area (Å²) in [5.74, 6) is 0.989. The predicted molar refractivity (Wildman–Crippen MR) is 105 cm³/mol. The Labute approximate surface area is 162 Å². The van der Waals surface area contributed by atoms with Gasteiger partial charge in [0.15, 0.2) is 0 Å². The molecule has 2 heterocycles. The van der Waals surface area contributed by atoms with E-state index in [-0.39, 0.29) is 11.9 Å². The summed E-state index contributed by atoms with van der Waals surface area (Å²) in [5, 5.41) is 13.6. The van der Waals surface area contributed by atoms with Gasteiger partial charge in [-0.3, -0.25) is 4.79 Å². The van der Waals surface area contributed by atoms with Crippen molar-refractivity contribution in [3.8, 4) is 11.6 Å². The first-order valence-corrected chi connectivity index (χ1v) is 9.19. The molecule has 4 rings (SSSR count). The van der Waals surface area contributed by atoms with Crippen LogP contribution in [0.2, 0.25) is 5.02 Å². The predicted octanol–water partition coefficient (Wildman–Crippen LogP) is 4.11. The summed E-state index contributed by atoms with van der Waals surface area (Å²) in [7, 11) is 1.82. The number of carbonyl (C=O) groups excluding carboxylic acids is 1.